The van der Waals surface area contributed by atoms with Crippen LogP contribution in [0.3, 0.4) is 0 Å². The highest BCUT2D eigenvalue weighted by Gasteiger charge is 2.28. The number of phosphoric acid groups is 1. The first-order chi connectivity index (χ1) is 41.2. The van der Waals surface area contributed by atoms with Gasteiger partial charge in [0.25, 0.3) is 0 Å². The molecule has 0 heterocycles. The minimum Gasteiger partial charge on any atom is -0.462 e. The van der Waals surface area contributed by atoms with Crippen molar-refractivity contribution in [3.05, 3.63) is 85.1 Å². The average molecular weight is 1200 g/mol. The highest BCUT2D eigenvalue weighted by atomic mass is 31.2. The van der Waals surface area contributed by atoms with E-state index in [4.69, 9.17) is 23.3 Å². The van der Waals surface area contributed by atoms with E-state index in [9.17, 15) is 28.9 Å². The normalized spacial score (nSPS) is 13.7. The van der Waals surface area contributed by atoms with Crippen LogP contribution in [0.15, 0.2) is 85.1 Å². The minimum atomic E-state index is -4.77. The standard InChI is InChI=1S/C72H127O11P/c1-4-7-10-13-16-19-22-25-28-31-34-37-40-43-46-49-52-55-58-61-70(74)79-65-69(83-72(76)63-60-57-54-51-48-45-42-39-36-33-30-27-24-21-18-15-12-9-6-3)67-81-84(77,78)80-66-68(64-73)82-71(75)62-59-56-53-50-47-44-41-38-35-32-29-26-23-20-17-14-11-8-5-2/h16,18-19,21,25-30,34,36-37,39,68-69,73H,4-15,17,20,22-24,31-33,35,38,40-67H2,1-3H3,(H,77,78)/b19-16-,21-18-,28-25-,29-26-,30-27-,37-34-,39-36-. The van der Waals surface area contributed by atoms with Gasteiger partial charge in [-0.05, 0) is 122 Å². The van der Waals surface area contributed by atoms with Crippen molar-refractivity contribution in [2.45, 2.75) is 328 Å². The van der Waals surface area contributed by atoms with E-state index in [2.05, 4.69) is 106 Å². The Labute approximate surface area is 515 Å². The Morgan fingerprint density at radius 3 is 0.929 bits per heavy atom. The van der Waals surface area contributed by atoms with Gasteiger partial charge in [0, 0.05) is 19.3 Å². The summed E-state index contributed by atoms with van der Waals surface area (Å²) in [4.78, 5) is 48.9. The number of carbonyl (C=O) groups is 3. The molecule has 0 saturated heterocycles. The van der Waals surface area contributed by atoms with Crippen LogP contribution in [-0.4, -0.2) is 66.5 Å². The molecule has 0 aromatic carbocycles. The number of carbonyl (C=O) groups excluding carboxylic acids is 3. The van der Waals surface area contributed by atoms with Gasteiger partial charge in [-0.3, -0.25) is 23.4 Å². The molecule has 84 heavy (non-hydrogen) atoms. The lowest BCUT2D eigenvalue weighted by atomic mass is 10.1. The molecule has 11 nitrogen and oxygen atoms in total. The summed E-state index contributed by atoms with van der Waals surface area (Å²) in [6.45, 7) is 4.61. The number of hydrogen-bond donors (Lipinski definition) is 2. The molecule has 0 bridgehead atoms. The van der Waals surface area contributed by atoms with E-state index in [-0.39, 0.29) is 25.9 Å². The number of unbranched alkanes of at least 4 members (excludes halogenated alkanes) is 33. The van der Waals surface area contributed by atoms with Crippen LogP contribution >= 0.6 is 7.82 Å². The lowest BCUT2D eigenvalue weighted by Gasteiger charge is -2.21. The maximum Gasteiger partial charge on any atom is 0.472 e. The molecule has 3 atom stereocenters. The van der Waals surface area contributed by atoms with Crippen LogP contribution in [0.4, 0.5) is 0 Å². The highest BCUT2D eigenvalue weighted by molar-refractivity contribution is 7.47. The molecule has 0 aromatic heterocycles. The van der Waals surface area contributed by atoms with Crippen molar-refractivity contribution in [3.8, 4) is 0 Å². The third-order valence-corrected chi connectivity index (χ3v) is 15.7. The van der Waals surface area contributed by atoms with Gasteiger partial charge in [-0.25, -0.2) is 4.57 Å². The number of aliphatic hydroxyl groups is 1. The molecule has 2 N–H and O–H groups in total. The molecule has 0 aliphatic heterocycles. The zero-order chi connectivity index (χ0) is 61.2. The predicted octanol–water partition coefficient (Wildman–Crippen LogP) is 21.4. The van der Waals surface area contributed by atoms with Crippen molar-refractivity contribution < 1.29 is 52.2 Å². The van der Waals surface area contributed by atoms with Gasteiger partial charge in [0.05, 0.1) is 19.8 Å². The number of esters is 3. The molecule has 0 aliphatic carbocycles. The van der Waals surface area contributed by atoms with Crippen LogP contribution in [0.2, 0.25) is 0 Å². The summed E-state index contributed by atoms with van der Waals surface area (Å²) in [7, 11) is -4.77. The van der Waals surface area contributed by atoms with E-state index in [0.717, 1.165) is 122 Å². The van der Waals surface area contributed by atoms with Crippen LogP contribution in [0.5, 0.6) is 0 Å². The van der Waals surface area contributed by atoms with Crippen molar-refractivity contribution in [2.24, 2.45) is 0 Å². The SMILES string of the molecule is CCCCC/C=C\C/C=C\C/C=C\CCCCCCCCC(=O)OCC(COP(=O)(O)OCC(CO)OC(=O)CCCCCCCCCCC/C=C\CCCCCCCC)OC(=O)CCCCCCCC/C=C\C/C=C\C/C=C\CCCCC. The molecule has 0 fully saturated rings. The van der Waals surface area contributed by atoms with Gasteiger partial charge in [-0.15, -0.1) is 0 Å². The largest absolute Gasteiger partial charge is 0.472 e. The first kappa shape index (κ1) is 80.7. The fourth-order valence-electron chi connectivity index (χ4n) is 9.48. The summed E-state index contributed by atoms with van der Waals surface area (Å²) < 4.78 is 39.8. The number of phosphoric ester groups is 1. The minimum absolute atomic E-state index is 0.148. The maximum absolute atomic E-state index is 13.0. The Balaban J connectivity index is 4.72. The number of allylic oxidation sites excluding steroid dienone is 14. The summed E-state index contributed by atoms with van der Waals surface area (Å²) in [6, 6.07) is 0. The predicted molar refractivity (Wildman–Crippen MR) is 353 cm³/mol. The average Bonchev–Trinajstić information content (AvgIpc) is 3.55. The molecule has 0 spiro atoms. The van der Waals surface area contributed by atoms with Crippen molar-refractivity contribution in [1.82, 2.24) is 0 Å². The van der Waals surface area contributed by atoms with Gasteiger partial charge in [0.15, 0.2) is 6.10 Å². The Bertz CT molecular complexity index is 1730. The molecule has 0 rings (SSSR count). The van der Waals surface area contributed by atoms with Gasteiger partial charge >= 0.3 is 25.7 Å². The van der Waals surface area contributed by atoms with E-state index in [1.165, 1.54) is 135 Å². The molecule has 486 valence electrons. The molecule has 3 unspecified atom stereocenters. The second kappa shape index (κ2) is 65.6. The van der Waals surface area contributed by atoms with E-state index >= 15 is 0 Å². The summed E-state index contributed by atoms with van der Waals surface area (Å²) in [5.74, 6) is -1.49. The second-order valence-corrected chi connectivity index (χ2v) is 24.4. The van der Waals surface area contributed by atoms with Crippen molar-refractivity contribution in [3.63, 3.8) is 0 Å². The smallest absolute Gasteiger partial charge is 0.462 e. The summed E-state index contributed by atoms with van der Waals surface area (Å²) >= 11 is 0. The molecule has 0 amide bonds. The van der Waals surface area contributed by atoms with Crippen molar-refractivity contribution in [1.29, 1.82) is 0 Å². The Hall–Kier alpha value is -3.34. The third kappa shape index (κ3) is 63.2. The number of aliphatic hydroxyl groups excluding tert-OH is 1. The van der Waals surface area contributed by atoms with Gasteiger partial charge in [-0.1, -0.05) is 260 Å². The van der Waals surface area contributed by atoms with Gasteiger partial charge in [-0.2, -0.15) is 0 Å². The van der Waals surface area contributed by atoms with Gasteiger partial charge < -0.3 is 24.2 Å². The van der Waals surface area contributed by atoms with Crippen molar-refractivity contribution >= 4 is 25.7 Å². The topological polar surface area (TPSA) is 155 Å². The molecule has 0 aromatic rings. The first-order valence-electron chi connectivity index (χ1n) is 34.5. The van der Waals surface area contributed by atoms with Gasteiger partial charge in [0.2, 0.25) is 0 Å². The molecule has 12 heteroatoms. The Morgan fingerprint density at radius 1 is 0.333 bits per heavy atom. The Morgan fingerprint density at radius 2 is 0.583 bits per heavy atom. The van der Waals surface area contributed by atoms with Crippen LogP contribution in [0, 0.1) is 0 Å². The monoisotopic (exact) mass is 1200 g/mol. The summed E-state index contributed by atoms with van der Waals surface area (Å²) in [6.07, 6.45) is 78.1. The van der Waals surface area contributed by atoms with Crippen LogP contribution < -0.4 is 0 Å². The van der Waals surface area contributed by atoms with Crippen molar-refractivity contribution in [2.75, 3.05) is 26.4 Å². The summed E-state index contributed by atoms with van der Waals surface area (Å²) in [5, 5.41) is 9.88. The van der Waals surface area contributed by atoms with Gasteiger partial charge in [0.1, 0.15) is 12.7 Å². The van der Waals surface area contributed by atoms with Crippen LogP contribution in [0.1, 0.15) is 316 Å². The quantitative estimate of drug-likeness (QED) is 0.0197. The molecule has 0 saturated carbocycles. The number of ether oxygens (including phenoxy) is 3. The molecular weight excluding hydrogens is 1070 g/mol. The zero-order valence-corrected chi connectivity index (χ0v) is 55.0. The molecular formula is C72H127O11P. The molecule has 0 aliphatic rings. The van der Waals surface area contributed by atoms with Crippen LogP contribution in [0.25, 0.3) is 0 Å². The van der Waals surface area contributed by atoms with E-state index in [1.54, 1.807) is 0 Å². The highest BCUT2D eigenvalue weighted by Crippen LogP contribution is 2.43. The van der Waals surface area contributed by atoms with Crippen LogP contribution in [-0.2, 0) is 42.2 Å². The second-order valence-electron chi connectivity index (χ2n) is 23.0. The first-order valence-corrected chi connectivity index (χ1v) is 36.0. The lowest BCUT2D eigenvalue weighted by Crippen LogP contribution is -2.30. The van der Waals surface area contributed by atoms with E-state index < -0.39 is 57.8 Å². The molecule has 0 radical (unpaired) electrons. The number of hydrogen-bond acceptors (Lipinski definition) is 10. The maximum atomic E-state index is 13.0. The zero-order valence-electron chi connectivity index (χ0n) is 54.1. The Kier molecular flexibility index (Phi) is 63.0. The summed E-state index contributed by atoms with van der Waals surface area (Å²) in [5.41, 5.74) is 0. The van der Waals surface area contributed by atoms with E-state index in [0.29, 0.717) is 19.3 Å². The fourth-order valence-corrected chi connectivity index (χ4v) is 10.3. The third-order valence-electron chi connectivity index (χ3n) is 14.8. The lowest BCUT2D eigenvalue weighted by molar-refractivity contribution is -0.161. The van der Waals surface area contributed by atoms with E-state index in [1.807, 2.05) is 0 Å². The number of rotatable bonds is 64. The fraction of sp³-hybridized carbons (Fsp3) is 0.764.